The van der Waals surface area contributed by atoms with Crippen molar-refractivity contribution in [2.45, 2.75) is 12.6 Å². The molecule has 1 N–H and O–H groups in total. The number of piperazine rings is 1. The van der Waals surface area contributed by atoms with Crippen molar-refractivity contribution in [3.05, 3.63) is 102 Å². The Bertz CT molecular complexity index is 791. The molecule has 2 heterocycles. The van der Waals surface area contributed by atoms with Crippen LogP contribution >= 0.6 is 0 Å². The minimum atomic E-state index is 0.335. The Morgan fingerprint density at radius 2 is 1.38 bits per heavy atom. The van der Waals surface area contributed by atoms with Crippen LogP contribution in [-0.2, 0) is 6.54 Å². The highest BCUT2D eigenvalue weighted by Gasteiger charge is 2.25. The molecule has 4 rings (SSSR count). The molecular weight excluding hydrogens is 356 g/mol. The second-order valence-corrected chi connectivity index (χ2v) is 7.60. The van der Waals surface area contributed by atoms with Gasteiger partial charge in [-0.15, -0.1) is 0 Å². The normalized spacial score (nSPS) is 15.6. The van der Waals surface area contributed by atoms with E-state index in [0.717, 1.165) is 51.5 Å². The summed E-state index contributed by atoms with van der Waals surface area (Å²) in [6.07, 6.45) is 1.85. The van der Waals surface area contributed by atoms with E-state index >= 15 is 0 Å². The smallest absolute Gasteiger partial charge is 0.0602 e. The maximum atomic E-state index is 4.37. The Morgan fingerprint density at radius 1 is 0.759 bits per heavy atom. The van der Waals surface area contributed by atoms with E-state index < -0.39 is 0 Å². The molecule has 4 heteroatoms. The number of aromatic nitrogens is 1. The molecule has 0 radical (unpaired) electrons. The summed E-state index contributed by atoms with van der Waals surface area (Å²) in [4.78, 5) is 9.56. The lowest BCUT2D eigenvalue weighted by Gasteiger charge is -2.39. The first-order valence-corrected chi connectivity index (χ1v) is 10.6. The van der Waals surface area contributed by atoms with Crippen molar-refractivity contribution in [2.75, 3.05) is 39.3 Å². The molecule has 0 amide bonds. The second kappa shape index (κ2) is 10.3. The third-order valence-electron chi connectivity index (χ3n) is 5.64. The van der Waals surface area contributed by atoms with E-state index in [-0.39, 0.29) is 0 Å². The lowest BCUT2D eigenvalue weighted by molar-refractivity contribution is 0.110. The molecule has 0 bridgehead atoms. The Hall–Kier alpha value is -2.53. The van der Waals surface area contributed by atoms with Crippen LogP contribution < -0.4 is 5.32 Å². The van der Waals surface area contributed by atoms with Gasteiger partial charge >= 0.3 is 0 Å². The van der Waals surface area contributed by atoms with Crippen LogP contribution in [0.1, 0.15) is 22.9 Å². The van der Waals surface area contributed by atoms with Crippen LogP contribution in [0.5, 0.6) is 0 Å². The molecule has 2 aromatic carbocycles. The van der Waals surface area contributed by atoms with E-state index in [1.54, 1.807) is 0 Å². The molecule has 150 valence electrons. The fourth-order valence-corrected chi connectivity index (χ4v) is 4.09. The Labute approximate surface area is 174 Å². The SMILES string of the molecule is c1ccc(C(c2ccccc2)N2CCN(CCNCc3ccccn3)CC2)cc1. The third-order valence-corrected chi connectivity index (χ3v) is 5.64. The number of rotatable bonds is 8. The van der Waals surface area contributed by atoms with Crippen molar-refractivity contribution in [2.24, 2.45) is 0 Å². The van der Waals surface area contributed by atoms with Crippen molar-refractivity contribution in [1.82, 2.24) is 20.1 Å². The van der Waals surface area contributed by atoms with Crippen LogP contribution in [0, 0.1) is 0 Å². The van der Waals surface area contributed by atoms with Crippen molar-refractivity contribution in [1.29, 1.82) is 0 Å². The fraction of sp³-hybridized carbons (Fsp3) is 0.320. The summed E-state index contributed by atoms with van der Waals surface area (Å²) in [5.41, 5.74) is 3.86. The molecule has 0 unspecified atom stereocenters. The van der Waals surface area contributed by atoms with Gasteiger partial charge in [0, 0.05) is 52.0 Å². The van der Waals surface area contributed by atoms with Gasteiger partial charge in [0.2, 0.25) is 0 Å². The van der Waals surface area contributed by atoms with Crippen LogP contribution in [0.15, 0.2) is 85.1 Å². The maximum Gasteiger partial charge on any atom is 0.0602 e. The van der Waals surface area contributed by atoms with Crippen LogP contribution in [0.25, 0.3) is 0 Å². The van der Waals surface area contributed by atoms with Gasteiger partial charge in [-0.2, -0.15) is 0 Å². The van der Waals surface area contributed by atoms with Gasteiger partial charge < -0.3 is 5.32 Å². The zero-order valence-corrected chi connectivity index (χ0v) is 17.0. The van der Waals surface area contributed by atoms with Gasteiger partial charge in [0.15, 0.2) is 0 Å². The first-order chi connectivity index (χ1) is 14.4. The summed E-state index contributed by atoms with van der Waals surface area (Å²) in [6, 6.07) is 28.2. The molecular formula is C25H30N4. The van der Waals surface area contributed by atoms with Crippen molar-refractivity contribution >= 4 is 0 Å². The average molecular weight is 387 g/mol. The summed E-state index contributed by atoms with van der Waals surface area (Å²) in [5.74, 6) is 0. The molecule has 0 spiro atoms. The molecule has 1 aliphatic rings. The molecule has 1 fully saturated rings. The van der Waals surface area contributed by atoms with E-state index in [1.165, 1.54) is 11.1 Å². The van der Waals surface area contributed by atoms with Crippen molar-refractivity contribution in [3.63, 3.8) is 0 Å². The first kappa shape index (κ1) is 19.8. The molecule has 1 aliphatic heterocycles. The number of benzene rings is 2. The Balaban J connectivity index is 1.30. The summed E-state index contributed by atoms with van der Waals surface area (Å²) in [6.45, 7) is 7.33. The Kier molecular flexibility index (Phi) is 7.03. The topological polar surface area (TPSA) is 31.4 Å². The molecule has 4 nitrogen and oxygen atoms in total. The van der Waals surface area contributed by atoms with E-state index in [2.05, 4.69) is 86.8 Å². The Morgan fingerprint density at radius 3 is 1.97 bits per heavy atom. The highest BCUT2D eigenvalue weighted by molar-refractivity contribution is 5.31. The van der Waals surface area contributed by atoms with Crippen LogP contribution in [0.3, 0.4) is 0 Å². The summed E-state index contributed by atoms with van der Waals surface area (Å²) >= 11 is 0. The number of nitrogens with one attached hydrogen (secondary N) is 1. The average Bonchev–Trinajstić information content (AvgIpc) is 2.80. The van der Waals surface area contributed by atoms with Crippen molar-refractivity contribution < 1.29 is 0 Å². The lowest BCUT2D eigenvalue weighted by Crippen LogP contribution is -2.49. The van der Waals surface area contributed by atoms with Gasteiger partial charge in [0.05, 0.1) is 11.7 Å². The predicted octanol–water partition coefficient (Wildman–Crippen LogP) is 3.58. The standard InChI is InChI=1S/C25H30N4/c1-3-9-22(10-4-1)25(23-11-5-2-6-12-23)29-19-17-28(18-20-29)16-15-26-21-24-13-7-8-14-27-24/h1-14,25-26H,15-21H2. The van der Waals surface area contributed by atoms with Gasteiger partial charge in [0.25, 0.3) is 0 Å². The maximum absolute atomic E-state index is 4.37. The van der Waals surface area contributed by atoms with E-state index in [4.69, 9.17) is 0 Å². The van der Waals surface area contributed by atoms with Crippen molar-refractivity contribution in [3.8, 4) is 0 Å². The second-order valence-electron chi connectivity index (χ2n) is 7.60. The fourth-order valence-electron chi connectivity index (χ4n) is 4.09. The van der Waals surface area contributed by atoms with Gasteiger partial charge in [-0.05, 0) is 23.3 Å². The first-order valence-electron chi connectivity index (χ1n) is 10.6. The zero-order chi connectivity index (χ0) is 19.7. The summed E-state index contributed by atoms with van der Waals surface area (Å²) in [5, 5.41) is 3.52. The van der Waals surface area contributed by atoms with E-state index in [1.807, 2.05) is 18.3 Å². The predicted molar refractivity (Wildman–Crippen MR) is 119 cm³/mol. The highest BCUT2D eigenvalue weighted by Crippen LogP contribution is 2.29. The summed E-state index contributed by atoms with van der Waals surface area (Å²) < 4.78 is 0. The van der Waals surface area contributed by atoms with E-state index in [9.17, 15) is 0 Å². The van der Waals surface area contributed by atoms with Gasteiger partial charge in [0.1, 0.15) is 0 Å². The number of hydrogen-bond donors (Lipinski definition) is 1. The lowest BCUT2D eigenvalue weighted by atomic mass is 9.96. The molecule has 1 aromatic heterocycles. The molecule has 0 atom stereocenters. The molecule has 3 aromatic rings. The summed E-state index contributed by atoms with van der Waals surface area (Å²) in [7, 11) is 0. The van der Waals surface area contributed by atoms with Gasteiger partial charge in [-0.25, -0.2) is 0 Å². The minimum absolute atomic E-state index is 0.335. The molecule has 0 saturated carbocycles. The van der Waals surface area contributed by atoms with E-state index in [0.29, 0.717) is 6.04 Å². The molecule has 29 heavy (non-hydrogen) atoms. The monoisotopic (exact) mass is 386 g/mol. The van der Waals surface area contributed by atoms with Gasteiger partial charge in [-0.1, -0.05) is 66.7 Å². The largest absolute Gasteiger partial charge is 0.310 e. The van der Waals surface area contributed by atoms with Crippen LogP contribution in [0.2, 0.25) is 0 Å². The zero-order valence-electron chi connectivity index (χ0n) is 17.0. The minimum Gasteiger partial charge on any atom is -0.310 e. The number of pyridine rings is 1. The van der Waals surface area contributed by atoms with Crippen LogP contribution in [0.4, 0.5) is 0 Å². The highest BCUT2D eigenvalue weighted by atomic mass is 15.3. The van der Waals surface area contributed by atoms with Gasteiger partial charge in [-0.3, -0.25) is 14.8 Å². The molecule has 1 saturated heterocycles. The number of hydrogen-bond acceptors (Lipinski definition) is 4. The third kappa shape index (κ3) is 5.51. The van der Waals surface area contributed by atoms with Crippen LogP contribution in [-0.4, -0.2) is 54.1 Å². The number of nitrogens with zero attached hydrogens (tertiary/aromatic N) is 3. The molecule has 0 aliphatic carbocycles. The quantitative estimate of drug-likeness (QED) is 0.600.